The number of thiazole rings is 1. The minimum atomic E-state index is -0.516. The second-order valence-corrected chi connectivity index (χ2v) is 8.42. The van der Waals surface area contributed by atoms with Gasteiger partial charge in [0.15, 0.2) is 5.13 Å². The Kier molecular flexibility index (Phi) is 6.22. The Morgan fingerprint density at radius 2 is 1.90 bits per heavy atom. The Balaban J connectivity index is 1.46. The fraction of sp³-hybridized carbons (Fsp3) is 0.190. The lowest BCUT2D eigenvalue weighted by Gasteiger charge is -2.23. The summed E-state index contributed by atoms with van der Waals surface area (Å²) in [6.07, 6.45) is 1.39. The van der Waals surface area contributed by atoms with Crippen LogP contribution in [0.2, 0.25) is 10.0 Å². The minimum absolute atomic E-state index is 0.189. The molecule has 1 unspecified atom stereocenters. The van der Waals surface area contributed by atoms with E-state index in [0.717, 1.165) is 6.42 Å². The van der Waals surface area contributed by atoms with Crippen molar-refractivity contribution in [3.05, 3.63) is 69.7 Å². The van der Waals surface area contributed by atoms with Crippen molar-refractivity contribution in [1.29, 1.82) is 0 Å². The van der Waals surface area contributed by atoms with Crippen LogP contribution in [0.15, 0.2) is 53.9 Å². The summed E-state index contributed by atoms with van der Waals surface area (Å²) in [5, 5.41) is 8.98. The fourth-order valence-electron chi connectivity index (χ4n) is 3.32. The first kappa shape index (κ1) is 20.7. The maximum Gasteiger partial charge on any atom is 0.274 e. The van der Waals surface area contributed by atoms with Gasteiger partial charge < -0.3 is 15.5 Å². The van der Waals surface area contributed by atoms with Crippen LogP contribution in [0.25, 0.3) is 0 Å². The molecule has 2 N–H and O–H groups in total. The number of hydrogen-bond donors (Lipinski definition) is 2. The second-order valence-electron chi connectivity index (χ2n) is 6.78. The fourth-order valence-corrected chi connectivity index (χ4v) is 4.37. The molecule has 0 spiro atoms. The molecule has 2 aromatic carbocycles. The summed E-state index contributed by atoms with van der Waals surface area (Å²) >= 11 is 13.5. The largest absolute Gasteiger partial charge is 0.330 e. The van der Waals surface area contributed by atoms with Gasteiger partial charge in [0.05, 0.1) is 15.7 Å². The number of aromatic nitrogens is 1. The highest BCUT2D eigenvalue weighted by molar-refractivity contribution is 7.14. The number of benzene rings is 2. The monoisotopic (exact) mass is 460 g/mol. The zero-order valence-electron chi connectivity index (χ0n) is 15.8. The van der Waals surface area contributed by atoms with Crippen LogP contribution in [-0.4, -0.2) is 34.3 Å². The van der Waals surface area contributed by atoms with E-state index in [9.17, 15) is 9.59 Å². The quantitative estimate of drug-likeness (QED) is 0.531. The molecular weight excluding hydrogens is 443 g/mol. The molecule has 4 rings (SSSR count). The van der Waals surface area contributed by atoms with Crippen LogP contribution in [0.5, 0.6) is 0 Å². The van der Waals surface area contributed by atoms with Crippen LogP contribution < -0.4 is 10.6 Å². The minimum Gasteiger partial charge on any atom is -0.330 e. The average Bonchev–Trinajstić information content (AvgIpc) is 3.42. The van der Waals surface area contributed by atoms with Crippen LogP contribution in [0.3, 0.4) is 0 Å². The van der Waals surface area contributed by atoms with Crippen LogP contribution in [0, 0.1) is 0 Å². The summed E-state index contributed by atoms with van der Waals surface area (Å²) in [4.78, 5) is 31.7. The molecule has 154 valence electrons. The van der Waals surface area contributed by atoms with Gasteiger partial charge in [0, 0.05) is 17.6 Å². The molecular formula is C21H18Cl2N4O2S. The summed E-state index contributed by atoms with van der Waals surface area (Å²) in [6.45, 7) is 0.520. The number of para-hydroxylation sites is 1. The molecule has 0 aliphatic carbocycles. The number of nitrogens with one attached hydrogen (secondary N) is 2. The second kappa shape index (κ2) is 9.04. The van der Waals surface area contributed by atoms with E-state index in [1.807, 2.05) is 30.3 Å². The third-order valence-electron chi connectivity index (χ3n) is 4.77. The lowest BCUT2D eigenvalue weighted by molar-refractivity contribution is -0.119. The number of likely N-dealkylation sites (tertiary alicyclic amines) is 1. The van der Waals surface area contributed by atoms with Gasteiger partial charge in [-0.05, 0) is 37.1 Å². The number of anilines is 3. The molecule has 0 radical (unpaired) electrons. The first-order valence-electron chi connectivity index (χ1n) is 9.36. The van der Waals surface area contributed by atoms with E-state index >= 15 is 0 Å². The highest BCUT2D eigenvalue weighted by atomic mass is 35.5. The molecule has 1 fully saturated rings. The zero-order valence-corrected chi connectivity index (χ0v) is 18.1. The van der Waals surface area contributed by atoms with Crippen molar-refractivity contribution in [3.8, 4) is 0 Å². The van der Waals surface area contributed by atoms with Crippen LogP contribution in [-0.2, 0) is 4.79 Å². The summed E-state index contributed by atoms with van der Waals surface area (Å²) < 4.78 is 0. The van der Waals surface area contributed by atoms with E-state index in [1.54, 1.807) is 28.5 Å². The Hall–Kier alpha value is -2.61. The summed E-state index contributed by atoms with van der Waals surface area (Å²) in [5.41, 5.74) is 1.61. The van der Waals surface area contributed by atoms with Crippen LogP contribution in [0.4, 0.5) is 16.5 Å². The van der Waals surface area contributed by atoms with Gasteiger partial charge in [-0.2, -0.15) is 0 Å². The van der Waals surface area contributed by atoms with Crippen molar-refractivity contribution in [2.24, 2.45) is 0 Å². The number of amides is 2. The molecule has 0 saturated carbocycles. The van der Waals surface area contributed by atoms with Crippen LogP contribution >= 0.6 is 34.5 Å². The van der Waals surface area contributed by atoms with Crippen molar-refractivity contribution >= 4 is 62.9 Å². The number of rotatable bonds is 5. The molecule has 6 nitrogen and oxygen atoms in total. The normalized spacial score (nSPS) is 15.8. The molecule has 1 saturated heterocycles. The van der Waals surface area contributed by atoms with Gasteiger partial charge in [-0.15, -0.1) is 11.3 Å². The van der Waals surface area contributed by atoms with Gasteiger partial charge in [-0.25, -0.2) is 4.98 Å². The van der Waals surface area contributed by atoms with Gasteiger partial charge in [0.2, 0.25) is 5.91 Å². The zero-order chi connectivity index (χ0) is 21.1. The number of carbonyl (C=O) groups excluding carboxylic acids is 2. The van der Waals surface area contributed by atoms with Crippen molar-refractivity contribution < 1.29 is 9.59 Å². The molecule has 1 aliphatic rings. The van der Waals surface area contributed by atoms with Crippen molar-refractivity contribution in [3.63, 3.8) is 0 Å². The Morgan fingerprint density at radius 3 is 2.70 bits per heavy atom. The third-order valence-corrected chi connectivity index (χ3v) is 6.35. The maximum atomic E-state index is 13.0. The molecule has 30 heavy (non-hydrogen) atoms. The van der Waals surface area contributed by atoms with E-state index in [1.165, 1.54) is 11.3 Å². The van der Waals surface area contributed by atoms with Crippen molar-refractivity contribution in [1.82, 2.24) is 9.88 Å². The maximum absolute atomic E-state index is 13.0. The SMILES string of the molecule is O=C(Nc1ccccc1)C1CCCN1C(=O)c1csc(Nc2cccc(Cl)c2Cl)n1. The standard InChI is InChI=1S/C21H18Cl2N4O2S/c22-14-8-4-9-15(18(14)23)25-21-26-16(12-30-21)20(29)27-11-5-10-17(27)19(28)24-13-6-2-1-3-7-13/h1-4,6-9,12,17H,5,10-11H2,(H,24,28)(H,25,26). The topological polar surface area (TPSA) is 74.3 Å². The highest BCUT2D eigenvalue weighted by Crippen LogP contribution is 2.33. The van der Waals surface area contributed by atoms with Gasteiger partial charge in [0.1, 0.15) is 11.7 Å². The van der Waals surface area contributed by atoms with E-state index in [4.69, 9.17) is 23.2 Å². The number of hydrogen-bond acceptors (Lipinski definition) is 5. The predicted octanol–water partition coefficient (Wildman–Crippen LogP) is 5.44. The predicted molar refractivity (Wildman–Crippen MR) is 121 cm³/mol. The lowest BCUT2D eigenvalue weighted by atomic mass is 10.2. The average molecular weight is 461 g/mol. The molecule has 2 amide bonds. The molecule has 0 bridgehead atoms. The van der Waals surface area contributed by atoms with E-state index < -0.39 is 6.04 Å². The molecule has 3 aromatic rings. The van der Waals surface area contributed by atoms with Crippen molar-refractivity contribution in [2.45, 2.75) is 18.9 Å². The summed E-state index contributed by atoms with van der Waals surface area (Å²) in [6, 6.07) is 13.9. The van der Waals surface area contributed by atoms with Gasteiger partial charge in [0.25, 0.3) is 5.91 Å². The molecule has 1 aliphatic heterocycles. The first-order valence-corrected chi connectivity index (χ1v) is 11.0. The Morgan fingerprint density at radius 1 is 1.10 bits per heavy atom. The number of carbonyl (C=O) groups is 2. The lowest BCUT2D eigenvalue weighted by Crippen LogP contribution is -2.43. The Bertz CT molecular complexity index is 1070. The Labute approximate surface area is 187 Å². The van der Waals surface area contributed by atoms with Gasteiger partial charge in [-0.3, -0.25) is 9.59 Å². The van der Waals surface area contributed by atoms with E-state index in [0.29, 0.717) is 45.2 Å². The van der Waals surface area contributed by atoms with Crippen LogP contribution in [0.1, 0.15) is 23.3 Å². The number of nitrogens with zero attached hydrogens (tertiary/aromatic N) is 2. The van der Waals surface area contributed by atoms with Crippen molar-refractivity contribution in [2.75, 3.05) is 17.2 Å². The summed E-state index contributed by atoms with van der Waals surface area (Å²) in [5.74, 6) is -0.450. The van der Waals surface area contributed by atoms with Gasteiger partial charge in [-0.1, -0.05) is 47.5 Å². The molecule has 2 heterocycles. The summed E-state index contributed by atoms with van der Waals surface area (Å²) in [7, 11) is 0. The van der Waals surface area contributed by atoms with E-state index in [-0.39, 0.29) is 11.8 Å². The first-order chi connectivity index (χ1) is 14.5. The van der Waals surface area contributed by atoms with E-state index in [2.05, 4.69) is 15.6 Å². The third kappa shape index (κ3) is 4.43. The smallest absolute Gasteiger partial charge is 0.274 e. The molecule has 1 aromatic heterocycles. The molecule has 9 heteroatoms. The highest BCUT2D eigenvalue weighted by Gasteiger charge is 2.35. The number of halogens is 2. The molecule has 1 atom stereocenters. The van der Waals surface area contributed by atoms with Gasteiger partial charge >= 0.3 is 0 Å².